The van der Waals surface area contributed by atoms with E-state index in [9.17, 15) is 4.79 Å². The fourth-order valence-electron chi connectivity index (χ4n) is 1.46. The number of hydrogen-bond acceptors (Lipinski definition) is 4. The summed E-state index contributed by atoms with van der Waals surface area (Å²) in [5.41, 5.74) is 0.762. The molecular weight excluding hydrogens is 258 g/mol. The van der Waals surface area contributed by atoms with Gasteiger partial charge in [0.05, 0.1) is 18.1 Å². The van der Waals surface area contributed by atoms with E-state index in [1.165, 1.54) is 6.92 Å². The molecule has 1 aromatic rings. The first-order valence-corrected chi connectivity index (χ1v) is 6.91. The van der Waals surface area contributed by atoms with E-state index in [-0.39, 0.29) is 11.8 Å². The lowest BCUT2D eigenvalue weighted by Crippen LogP contribution is -2.05. The highest BCUT2D eigenvalue weighted by Gasteiger charge is 2.07. The number of rotatable bonds is 6. The van der Waals surface area contributed by atoms with Crippen LogP contribution < -0.4 is 5.32 Å². The minimum absolute atomic E-state index is 0.0959. The van der Waals surface area contributed by atoms with Gasteiger partial charge in [0.2, 0.25) is 5.91 Å². The van der Waals surface area contributed by atoms with Crippen LogP contribution in [0.4, 0.5) is 5.69 Å². The second kappa shape index (κ2) is 8.18. The summed E-state index contributed by atoms with van der Waals surface area (Å²) in [4.78, 5) is 11.9. The highest BCUT2D eigenvalue weighted by molar-refractivity contribution is 7.99. The summed E-state index contributed by atoms with van der Waals surface area (Å²) in [6.45, 7) is 1.47. The van der Waals surface area contributed by atoms with E-state index in [2.05, 4.69) is 17.5 Å². The first kappa shape index (κ1) is 15.1. The smallest absolute Gasteiger partial charge is 0.221 e. The number of nitrogens with one attached hydrogen (secondary N) is 1. The highest BCUT2D eigenvalue weighted by atomic mass is 32.2. The normalized spacial score (nSPS) is 11.1. The quantitative estimate of drug-likeness (QED) is 0.807. The maximum Gasteiger partial charge on any atom is 0.221 e. The molecule has 0 spiro atoms. The number of carbonyl (C=O) groups excluding carboxylic acids is 1. The summed E-state index contributed by atoms with van der Waals surface area (Å²) in [5.74, 6) is 0.485. The molecular formula is C14H15N3OS. The first-order chi connectivity index (χ1) is 9.15. The van der Waals surface area contributed by atoms with Crippen LogP contribution in [0.5, 0.6) is 0 Å². The van der Waals surface area contributed by atoms with Gasteiger partial charge in [0.25, 0.3) is 0 Å². The number of hydrogen-bond donors (Lipinski definition) is 1. The number of nitriles is 2. The lowest BCUT2D eigenvalue weighted by atomic mass is 10.1. The van der Waals surface area contributed by atoms with Crippen LogP contribution in [0.15, 0.2) is 29.2 Å². The van der Waals surface area contributed by atoms with Gasteiger partial charge in [0, 0.05) is 29.7 Å². The molecule has 1 amide bonds. The lowest BCUT2D eigenvalue weighted by Gasteiger charge is -2.07. The Bertz CT molecular complexity index is 499. The van der Waals surface area contributed by atoms with E-state index in [1.807, 2.05) is 24.3 Å². The topological polar surface area (TPSA) is 76.7 Å². The van der Waals surface area contributed by atoms with Crippen molar-refractivity contribution < 1.29 is 4.79 Å². The van der Waals surface area contributed by atoms with Crippen LogP contribution in [0.2, 0.25) is 0 Å². The van der Waals surface area contributed by atoms with Gasteiger partial charge >= 0.3 is 0 Å². The van der Waals surface area contributed by atoms with Crippen LogP contribution in [-0.4, -0.2) is 11.7 Å². The summed E-state index contributed by atoms with van der Waals surface area (Å²) >= 11 is 1.59. The minimum Gasteiger partial charge on any atom is -0.326 e. The molecule has 19 heavy (non-hydrogen) atoms. The first-order valence-electron chi connectivity index (χ1n) is 5.92. The Kier molecular flexibility index (Phi) is 6.49. The van der Waals surface area contributed by atoms with Crippen LogP contribution in [0.1, 0.15) is 19.8 Å². The molecule has 1 N–H and O–H groups in total. The van der Waals surface area contributed by atoms with Crippen LogP contribution in [0.3, 0.4) is 0 Å². The number of anilines is 1. The zero-order chi connectivity index (χ0) is 14.1. The third kappa shape index (κ3) is 5.94. The molecule has 0 aliphatic carbocycles. The third-order valence-electron chi connectivity index (χ3n) is 2.41. The monoisotopic (exact) mass is 273 g/mol. The highest BCUT2D eigenvalue weighted by Crippen LogP contribution is 2.24. The van der Waals surface area contributed by atoms with Crippen LogP contribution in [-0.2, 0) is 4.79 Å². The molecule has 5 heteroatoms. The number of nitrogens with zero attached hydrogens (tertiary/aromatic N) is 2. The van der Waals surface area contributed by atoms with Crippen molar-refractivity contribution >= 4 is 23.4 Å². The summed E-state index contributed by atoms with van der Waals surface area (Å²) in [6, 6.07) is 11.8. The fraction of sp³-hybridized carbons (Fsp3) is 0.357. The molecule has 0 aliphatic rings. The second-order valence-electron chi connectivity index (χ2n) is 4.04. The Balaban J connectivity index is 2.47. The van der Waals surface area contributed by atoms with Crippen molar-refractivity contribution in [2.45, 2.75) is 24.7 Å². The molecule has 98 valence electrons. The maximum atomic E-state index is 10.9. The summed E-state index contributed by atoms with van der Waals surface area (Å²) in [6.07, 6.45) is 1.03. The molecule has 0 aliphatic heterocycles. The molecule has 1 rings (SSSR count). The molecule has 0 bridgehead atoms. The fourth-order valence-corrected chi connectivity index (χ4v) is 2.42. The van der Waals surface area contributed by atoms with Gasteiger partial charge in [-0.3, -0.25) is 4.79 Å². The van der Waals surface area contributed by atoms with Gasteiger partial charge in [-0.05, 0) is 30.7 Å². The van der Waals surface area contributed by atoms with Crippen molar-refractivity contribution in [2.75, 3.05) is 11.1 Å². The van der Waals surface area contributed by atoms with Crippen LogP contribution >= 0.6 is 11.8 Å². The molecule has 0 radical (unpaired) electrons. The van der Waals surface area contributed by atoms with Gasteiger partial charge in [0.15, 0.2) is 0 Å². The van der Waals surface area contributed by atoms with Crippen LogP contribution in [0, 0.1) is 28.6 Å². The van der Waals surface area contributed by atoms with E-state index in [1.54, 1.807) is 11.8 Å². The van der Waals surface area contributed by atoms with Crippen molar-refractivity contribution in [3.05, 3.63) is 24.3 Å². The van der Waals surface area contributed by atoms with Gasteiger partial charge in [-0.15, -0.1) is 11.8 Å². The van der Waals surface area contributed by atoms with E-state index in [4.69, 9.17) is 10.5 Å². The number of amides is 1. The summed E-state index contributed by atoms with van der Waals surface area (Å²) in [7, 11) is 0. The second-order valence-corrected chi connectivity index (χ2v) is 5.13. The Morgan fingerprint density at radius 2 is 2.05 bits per heavy atom. The third-order valence-corrected chi connectivity index (χ3v) is 3.59. The summed E-state index contributed by atoms with van der Waals surface area (Å²) in [5, 5.41) is 20.2. The van der Waals surface area contributed by atoms with Crippen molar-refractivity contribution in [2.24, 2.45) is 5.92 Å². The molecule has 0 saturated heterocycles. The van der Waals surface area contributed by atoms with Gasteiger partial charge in [-0.2, -0.15) is 10.5 Å². The molecule has 0 fully saturated rings. The van der Waals surface area contributed by atoms with Crippen molar-refractivity contribution in [1.82, 2.24) is 0 Å². The van der Waals surface area contributed by atoms with Crippen molar-refractivity contribution in [3.63, 3.8) is 0 Å². The largest absolute Gasteiger partial charge is 0.326 e. The average Bonchev–Trinajstić information content (AvgIpc) is 2.40. The minimum atomic E-state index is -0.0975. The van der Waals surface area contributed by atoms with Gasteiger partial charge in [-0.25, -0.2) is 0 Å². The molecule has 1 atom stereocenters. The van der Waals surface area contributed by atoms with E-state index < -0.39 is 0 Å². The SMILES string of the molecule is CC(=O)Nc1ccc(SC[C@H](C#N)CCC#N)cc1. The maximum absolute atomic E-state index is 10.9. The standard InChI is InChI=1S/C14H15N3OS/c1-11(18)17-13-4-6-14(7-5-13)19-10-12(9-16)3-2-8-15/h4-7,12H,2-3,10H2,1H3,(H,17,18)/t12-/m0/s1. The van der Waals surface area contributed by atoms with Crippen LogP contribution in [0.25, 0.3) is 0 Å². The number of thioether (sulfide) groups is 1. The number of benzene rings is 1. The Morgan fingerprint density at radius 1 is 1.37 bits per heavy atom. The van der Waals surface area contributed by atoms with Crippen molar-refractivity contribution in [3.8, 4) is 12.1 Å². The predicted molar refractivity (Wildman–Crippen MR) is 75.4 cm³/mol. The van der Waals surface area contributed by atoms with Crippen molar-refractivity contribution in [1.29, 1.82) is 10.5 Å². The zero-order valence-corrected chi connectivity index (χ0v) is 11.5. The predicted octanol–water partition coefficient (Wildman–Crippen LogP) is 3.18. The molecule has 0 unspecified atom stereocenters. The van der Waals surface area contributed by atoms with E-state index >= 15 is 0 Å². The Labute approximate surface area is 117 Å². The average molecular weight is 273 g/mol. The van der Waals surface area contributed by atoms with Gasteiger partial charge < -0.3 is 5.32 Å². The Morgan fingerprint density at radius 3 is 2.58 bits per heavy atom. The molecule has 0 heterocycles. The molecule has 4 nitrogen and oxygen atoms in total. The lowest BCUT2D eigenvalue weighted by molar-refractivity contribution is -0.114. The summed E-state index contributed by atoms with van der Waals surface area (Å²) < 4.78 is 0. The molecule has 1 aromatic carbocycles. The molecule has 0 aromatic heterocycles. The zero-order valence-electron chi connectivity index (χ0n) is 10.7. The van der Waals surface area contributed by atoms with Gasteiger partial charge in [-0.1, -0.05) is 0 Å². The molecule has 0 saturated carbocycles. The Hall–Kier alpha value is -1.98. The number of carbonyl (C=O) groups is 1. The van der Waals surface area contributed by atoms with Gasteiger partial charge in [0.1, 0.15) is 0 Å². The van der Waals surface area contributed by atoms with E-state index in [0.717, 1.165) is 10.6 Å². The van der Waals surface area contributed by atoms with E-state index in [0.29, 0.717) is 18.6 Å².